The third-order valence-electron chi connectivity index (χ3n) is 2.21. The molecule has 0 aliphatic rings. The molecule has 13 heavy (non-hydrogen) atoms. The number of halogens is 1. The summed E-state index contributed by atoms with van der Waals surface area (Å²) in [6.45, 7) is -0.127. The second-order valence-electron chi connectivity index (χ2n) is 3.06. The number of aromatic nitrogens is 1. The second-order valence-corrected chi connectivity index (χ2v) is 3.06. The molecule has 68 valence electrons. The third-order valence-corrected chi connectivity index (χ3v) is 2.21. The number of nitrogens with zero attached hydrogens (tertiary/aromatic N) is 1. The molecule has 3 heteroatoms. The van der Waals surface area contributed by atoms with Gasteiger partial charge in [0.25, 0.3) is 0 Å². The van der Waals surface area contributed by atoms with Crippen molar-refractivity contribution in [1.29, 1.82) is 0 Å². The average molecular weight is 179 g/mol. The topological polar surface area (TPSA) is 25.2 Å². The van der Waals surface area contributed by atoms with Crippen molar-refractivity contribution in [2.45, 2.75) is 6.61 Å². The predicted octanol–water partition coefficient (Wildman–Crippen LogP) is 1.81. The van der Waals surface area contributed by atoms with Gasteiger partial charge in [0.2, 0.25) is 0 Å². The van der Waals surface area contributed by atoms with E-state index < -0.39 is 0 Å². The lowest BCUT2D eigenvalue weighted by molar-refractivity contribution is 0.283. The smallest absolute Gasteiger partial charge is 0.132 e. The highest BCUT2D eigenvalue weighted by molar-refractivity contribution is 5.84. The number of aryl methyl sites for hydroxylation is 1. The molecule has 0 bridgehead atoms. The number of hydrogen-bond acceptors (Lipinski definition) is 1. The molecule has 0 amide bonds. The molecule has 0 radical (unpaired) electrons. The predicted molar refractivity (Wildman–Crippen MR) is 48.8 cm³/mol. The molecule has 0 unspecified atom stereocenters. The lowest BCUT2D eigenvalue weighted by Gasteiger charge is -1.96. The Morgan fingerprint density at radius 3 is 2.92 bits per heavy atom. The Labute approximate surface area is 75.2 Å². The van der Waals surface area contributed by atoms with Crippen molar-refractivity contribution in [1.82, 2.24) is 4.57 Å². The Kier molecular flexibility index (Phi) is 1.81. The molecule has 0 aliphatic carbocycles. The van der Waals surface area contributed by atoms with Crippen molar-refractivity contribution in [3.8, 4) is 0 Å². The second kappa shape index (κ2) is 2.85. The first-order chi connectivity index (χ1) is 6.24. The number of rotatable bonds is 1. The number of fused-ring (bicyclic) bond motifs is 1. The summed E-state index contributed by atoms with van der Waals surface area (Å²) in [5.74, 6) is -0.276. The SMILES string of the molecule is Cn1cc(CO)c2c(F)cccc21. The van der Waals surface area contributed by atoms with Gasteiger partial charge in [-0.25, -0.2) is 4.39 Å². The van der Waals surface area contributed by atoms with Crippen LogP contribution in [0.3, 0.4) is 0 Å². The Hall–Kier alpha value is -1.35. The van der Waals surface area contributed by atoms with E-state index in [2.05, 4.69) is 0 Å². The Bertz CT molecular complexity index is 447. The Balaban J connectivity index is 2.89. The maximum absolute atomic E-state index is 13.3. The van der Waals surface area contributed by atoms with Crippen LogP contribution >= 0.6 is 0 Å². The Morgan fingerprint density at radius 1 is 1.46 bits per heavy atom. The maximum Gasteiger partial charge on any atom is 0.132 e. The zero-order chi connectivity index (χ0) is 9.42. The molecule has 0 atom stereocenters. The zero-order valence-corrected chi connectivity index (χ0v) is 7.29. The molecule has 0 saturated heterocycles. The Morgan fingerprint density at radius 2 is 2.23 bits per heavy atom. The molecule has 1 heterocycles. The van der Waals surface area contributed by atoms with Gasteiger partial charge in [0.1, 0.15) is 5.82 Å². The van der Waals surface area contributed by atoms with Crippen LogP contribution in [0.15, 0.2) is 24.4 Å². The molecule has 0 fully saturated rings. The van der Waals surface area contributed by atoms with Gasteiger partial charge >= 0.3 is 0 Å². The summed E-state index contributed by atoms with van der Waals surface area (Å²) in [5, 5.41) is 9.51. The van der Waals surface area contributed by atoms with Crippen LogP contribution in [0, 0.1) is 5.82 Å². The minimum Gasteiger partial charge on any atom is -0.392 e. The van der Waals surface area contributed by atoms with E-state index in [0.717, 1.165) is 5.52 Å². The average Bonchev–Trinajstić information content (AvgIpc) is 2.45. The summed E-state index contributed by atoms with van der Waals surface area (Å²) < 4.78 is 15.1. The fourth-order valence-corrected chi connectivity index (χ4v) is 1.61. The van der Waals surface area contributed by atoms with Crippen LogP contribution in [-0.4, -0.2) is 9.67 Å². The molecule has 1 aromatic heterocycles. The lowest BCUT2D eigenvalue weighted by Crippen LogP contribution is -1.83. The monoisotopic (exact) mass is 179 g/mol. The quantitative estimate of drug-likeness (QED) is 0.709. The fourth-order valence-electron chi connectivity index (χ4n) is 1.61. The first kappa shape index (κ1) is 8.26. The highest BCUT2D eigenvalue weighted by Crippen LogP contribution is 2.23. The number of benzene rings is 1. The van der Waals surface area contributed by atoms with E-state index in [1.165, 1.54) is 6.07 Å². The van der Waals surface area contributed by atoms with Crippen LogP contribution in [0.2, 0.25) is 0 Å². The molecule has 0 saturated carbocycles. The van der Waals surface area contributed by atoms with Gasteiger partial charge in [0.15, 0.2) is 0 Å². The van der Waals surface area contributed by atoms with Gasteiger partial charge in [0.05, 0.1) is 12.1 Å². The van der Waals surface area contributed by atoms with E-state index in [-0.39, 0.29) is 12.4 Å². The molecule has 2 aromatic rings. The number of hydrogen-bond donors (Lipinski definition) is 1. The van der Waals surface area contributed by atoms with Gasteiger partial charge in [-0.3, -0.25) is 0 Å². The third kappa shape index (κ3) is 1.12. The number of aliphatic hydroxyl groups is 1. The summed E-state index contributed by atoms with van der Waals surface area (Å²) in [6, 6.07) is 4.90. The highest BCUT2D eigenvalue weighted by atomic mass is 19.1. The van der Waals surface area contributed by atoms with Gasteiger partial charge in [0, 0.05) is 24.2 Å². The molecule has 0 spiro atoms. The molecular weight excluding hydrogens is 169 g/mol. The van der Waals surface area contributed by atoms with Gasteiger partial charge in [-0.1, -0.05) is 6.07 Å². The zero-order valence-electron chi connectivity index (χ0n) is 7.29. The largest absolute Gasteiger partial charge is 0.392 e. The van der Waals surface area contributed by atoms with Crippen molar-refractivity contribution >= 4 is 10.9 Å². The summed E-state index contributed by atoms with van der Waals surface area (Å²) in [4.78, 5) is 0. The van der Waals surface area contributed by atoms with Crippen molar-refractivity contribution in [2.75, 3.05) is 0 Å². The highest BCUT2D eigenvalue weighted by Gasteiger charge is 2.08. The van der Waals surface area contributed by atoms with Crippen molar-refractivity contribution in [3.63, 3.8) is 0 Å². The van der Waals surface area contributed by atoms with E-state index in [1.54, 1.807) is 12.3 Å². The van der Waals surface area contributed by atoms with Crippen LogP contribution in [0.5, 0.6) is 0 Å². The lowest BCUT2D eigenvalue weighted by atomic mass is 10.2. The summed E-state index contributed by atoms with van der Waals surface area (Å²) >= 11 is 0. The molecule has 2 nitrogen and oxygen atoms in total. The molecule has 2 rings (SSSR count). The fraction of sp³-hybridized carbons (Fsp3) is 0.200. The first-order valence-corrected chi connectivity index (χ1v) is 4.07. The minimum atomic E-state index is -0.276. The van der Waals surface area contributed by atoms with Crippen LogP contribution in [0.25, 0.3) is 10.9 Å². The van der Waals surface area contributed by atoms with Crippen molar-refractivity contribution < 1.29 is 9.50 Å². The van der Waals surface area contributed by atoms with Gasteiger partial charge in [-0.2, -0.15) is 0 Å². The molecular formula is C10H10FNO. The van der Waals surface area contributed by atoms with Crippen molar-refractivity contribution in [2.24, 2.45) is 7.05 Å². The van der Waals surface area contributed by atoms with Crippen LogP contribution in [0.4, 0.5) is 4.39 Å². The van der Waals surface area contributed by atoms with Crippen LogP contribution in [0.1, 0.15) is 5.56 Å². The summed E-state index contributed by atoms with van der Waals surface area (Å²) in [5.41, 5.74) is 1.44. The van der Waals surface area contributed by atoms with E-state index in [0.29, 0.717) is 10.9 Å². The number of aliphatic hydroxyl groups excluding tert-OH is 1. The summed E-state index contributed by atoms with van der Waals surface area (Å²) in [6.07, 6.45) is 1.74. The first-order valence-electron chi connectivity index (χ1n) is 4.07. The van der Waals surface area contributed by atoms with Crippen molar-refractivity contribution in [3.05, 3.63) is 35.8 Å². The maximum atomic E-state index is 13.3. The van der Waals surface area contributed by atoms with E-state index >= 15 is 0 Å². The van der Waals surface area contributed by atoms with Crippen LogP contribution in [-0.2, 0) is 13.7 Å². The van der Waals surface area contributed by atoms with Gasteiger partial charge in [-0.05, 0) is 12.1 Å². The molecule has 1 N–H and O–H groups in total. The van der Waals surface area contributed by atoms with Gasteiger partial charge < -0.3 is 9.67 Å². The van der Waals surface area contributed by atoms with Crippen LogP contribution < -0.4 is 0 Å². The normalized spacial score (nSPS) is 11.0. The molecule has 0 aliphatic heterocycles. The summed E-state index contributed by atoms with van der Waals surface area (Å²) in [7, 11) is 1.83. The molecule has 1 aromatic carbocycles. The van der Waals surface area contributed by atoms with E-state index in [1.807, 2.05) is 17.7 Å². The standard InChI is InChI=1S/C10H10FNO/c1-12-5-7(6-13)10-8(11)3-2-4-9(10)12/h2-5,13H,6H2,1H3. The van der Waals surface area contributed by atoms with E-state index in [9.17, 15) is 4.39 Å². The van der Waals surface area contributed by atoms with Gasteiger partial charge in [-0.15, -0.1) is 0 Å². The van der Waals surface area contributed by atoms with E-state index in [4.69, 9.17) is 5.11 Å². The minimum absolute atomic E-state index is 0.127.